The van der Waals surface area contributed by atoms with E-state index in [4.69, 9.17) is 17.3 Å². The van der Waals surface area contributed by atoms with E-state index in [1.54, 1.807) is 7.05 Å². The van der Waals surface area contributed by atoms with Crippen LogP contribution < -0.4 is 5.73 Å². The molecule has 2 rings (SSSR count). The van der Waals surface area contributed by atoms with Crippen LogP contribution in [0.5, 0.6) is 0 Å². The van der Waals surface area contributed by atoms with E-state index in [9.17, 15) is 4.79 Å². The van der Waals surface area contributed by atoms with E-state index in [0.29, 0.717) is 28.4 Å². The monoisotopic (exact) mass is 276 g/mol. The number of benzene rings is 1. The van der Waals surface area contributed by atoms with Gasteiger partial charge in [0, 0.05) is 29.8 Å². The van der Waals surface area contributed by atoms with Gasteiger partial charge in [0.2, 0.25) is 0 Å². The van der Waals surface area contributed by atoms with Crippen LogP contribution in [0.3, 0.4) is 0 Å². The molecule has 0 aliphatic heterocycles. The van der Waals surface area contributed by atoms with Crippen molar-refractivity contribution in [2.45, 2.75) is 26.2 Å². The minimum atomic E-state index is 0.0573. The predicted molar refractivity (Wildman–Crippen MR) is 78.7 cm³/mol. The highest BCUT2D eigenvalue weighted by molar-refractivity contribution is 6.38. The van der Waals surface area contributed by atoms with Crippen LogP contribution in [0.15, 0.2) is 34.5 Å². The number of carbonyl (C=O) groups excluding carboxylic acids is 1. The molecule has 100 valence electrons. The summed E-state index contributed by atoms with van der Waals surface area (Å²) in [5.41, 5.74) is 9.62. The number of ketones is 1. The molecule has 19 heavy (non-hydrogen) atoms. The Kier molecular flexibility index (Phi) is 4.05. The molecular formula is C15H17ClN2O. The summed E-state index contributed by atoms with van der Waals surface area (Å²) in [6.45, 7) is 1.98. The quantitative estimate of drug-likeness (QED) is 0.844. The lowest BCUT2D eigenvalue weighted by Crippen LogP contribution is -2.23. The Labute approximate surface area is 118 Å². The number of aryl methyl sites for hydroxylation is 1. The average molecular weight is 277 g/mol. The first-order chi connectivity index (χ1) is 9.04. The maximum Gasteiger partial charge on any atom is 0.166 e. The Hall–Kier alpha value is -1.61. The normalized spacial score (nSPS) is 17.0. The topological polar surface area (TPSA) is 55.4 Å². The summed E-state index contributed by atoms with van der Waals surface area (Å²) in [6.07, 6.45) is 2.08. The van der Waals surface area contributed by atoms with Crippen molar-refractivity contribution >= 4 is 23.1 Å². The molecule has 0 amide bonds. The zero-order valence-electron chi connectivity index (χ0n) is 11.2. The molecule has 0 atom stereocenters. The summed E-state index contributed by atoms with van der Waals surface area (Å²) in [5.74, 6) is 0.0573. The van der Waals surface area contributed by atoms with Crippen molar-refractivity contribution < 1.29 is 4.79 Å². The number of nitrogens with zero attached hydrogens (tertiary/aromatic N) is 1. The second-order valence-corrected chi connectivity index (χ2v) is 5.14. The van der Waals surface area contributed by atoms with Gasteiger partial charge in [-0.05, 0) is 31.9 Å². The molecule has 4 heteroatoms. The fourth-order valence-corrected chi connectivity index (χ4v) is 2.55. The standard InChI is InChI=1S/C15H17ClN2O/c1-9-6-7-11(16)10(8-9)15(18-2)14-12(17)4-3-5-13(14)19/h6-8H,3-5,17H2,1-2H3. The van der Waals surface area contributed by atoms with E-state index in [1.165, 1.54) is 0 Å². The number of hydrogen-bond acceptors (Lipinski definition) is 3. The molecule has 0 bridgehead atoms. The maximum absolute atomic E-state index is 12.1. The van der Waals surface area contributed by atoms with Gasteiger partial charge in [0.15, 0.2) is 5.78 Å². The number of hydrogen-bond donors (Lipinski definition) is 1. The molecule has 0 saturated carbocycles. The summed E-state index contributed by atoms with van der Waals surface area (Å²) in [4.78, 5) is 16.4. The summed E-state index contributed by atoms with van der Waals surface area (Å²) in [5, 5.41) is 0.588. The van der Waals surface area contributed by atoms with Crippen LogP contribution in [0.25, 0.3) is 0 Å². The van der Waals surface area contributed by atoms with Crippen LogP contribution in [0.2, 0.25) is 5.02 Å². The third-order valence-corrected chi connectivity index (χ3v) is 3.62. The van der Waals surface area contributed by atoms with Crippen molar-refractivity contribution in [2.75, 3.05) is 7.05 Å². The lowest BCUT2D eigenvalue weighted by atomic mass is 9.88. The number of Topliss-reactive ketones (excluding diaryl/α,β-unsaturated/α-hetero) is 1. The van der Waals surface area contributed by atoms with Gasteiger partial charge in [0.05, 0.1) is 11.3 Å². The number of nitrogens with two attached hydrogens (primary N) is 1. The Morgan fingerprint density at radius 3 is 2.74 bits per heavy atom. The van der Waals surface area contributed by atoms with E-state index in [2.05, 4.69) is 4.99 Å². The molecule has 1 aromatic rings. The van der Waals surface area contributed by atoms with Gasteiger partial charge >= 0.3 is 0 Å². The minimum Gasteiger partial charge on any atom is -0.401 e. The smallest absolute Gasteiger partial charge is 0.166 e. The predicted octanol–water partition coefficient (Wildman–Crippen LogP) is 3.03. The highest BCUT2D eigenvalue weighted by Gasteiger charge is 2.25. The molecule has 0 fully saturated rings. The van der Waals surface area contributed by atoms with Crippen LogP contribution in [0, 0.1) is 6.92 Å². The van der Waals surface area contributed by atoms with Crippen LogP contribution >= 0.6 is 11.6 Å². The van der Waals surface area contributed by atoms with E-state index < -0.39 is 0 Å². The van der Waals surface area contributed by atoms with Crippen LogP contribution in [0.1, 0.15) is 30.4 Å². The molecule has 0 aromatic heterocycles. The molecule has 0 saturated heterocycles. The van der Waals surface area contributed by atoms with Crippen molar-refractivity contribution in [3.05, 3.63) is 45.6 Å². The summed E-state index contributed by atoms with van der Waals surface area (Å²) >= 11 is 6.23. The zero-order valence-corrected chi connectivity index (χ0v) is 11.9. The second-order valence-electron chi connectivity index (χ2n) is 4.73. The first kappa shape index (κ1) is 13.8. The molecule has 1 aliphatic carbocycles. The first-order valence-corrected chi connectivity index (χ1v) is 6.68. The van der Waals surface area contributed by atoms with Gasteiger partial charge in [0.1, 0.15) is 0 Å². The van der Waals surface area contributed by atoms with Gasteiger partial charge in [-0.2, -0.15) is 0 Å². The number of allylic oxidation sites excluding steroid dienone is 2. The maximum atomic E-state index is 12.1. The fourth-order valence-electron chi connectivity index (χ4n) is 2.34. The SMILES string of the molecule is CN=C(C1=C(N)CCCC1=O)c1cc(C)ccc1Cl. The van der Waals surface area contributed by atoms with Crippen molar-refractivity contribution in [3.8, 4) is 0 Å². The Morgan fingerprint density at radius 2 is 2.11 bits per heavy atom. The Balaban J connectivity index is 2.58. The zero-order chi connectivity index (χ0) is 14.0. The van der Waals surface area contributed by atoms with Gasteiger partial charge in [-0.15, -0.1) is 0 Å². The van der Waals surface area contributed by atoms with E-state index in [1.807, 2.05) is 25.1 Å². The Bertz CT molecular complexity index is 588. The highest BCUT2D eigenvalue weighted by Crippen LogP contribution is 2.26. The summed E-state index contributed by atoms with van der Waals surface area (Å²) in [6, 6.07) is 5.69. The number of rotatable bonds is 2. The largest absolute Gasteiger partial charge is 0.401 e. The van der Waals surface area contributed by atoms with Gasteiger partial charge in [-0.3, -0.25) is 9.79 Å². The fraction of sp³-hybridized carbons (Fsp3) is 0.333. The van der Waals surface area contributed by atoms with Crippen molar-refractivity contribution in [2.24, 2.45) is 10.7 Å². The number of carbonyl (C=O) groups is 1. The lowest BCUT2D eigenvalue weighted by Gasteiger charge is -2.19. The lowest BCUT2D eigenvalue weighted by molar-refractivity contribution is -0.115. The molecule has 1 aromatic carbocycles. The van der Waals surface area contributed by atoms with Gasteiger partial charge in [-0.1, -0.05) is 23.2 Å². The third kappa shape index (κ3) is 2.71. The van der Waals surface area contributed by atoms with Crippen LogP contribution in [-0.2, 0) is 4.79 Å². The number of aliphatic imine (C=N–C) groups is 1. The molecule has 3 nitrogen and oxygen atoms in total. The third-order valence-electron chi connectivity index (χ3n) is 3.29. The molecule has 1 aliphatic rings. The van der Waals surface area contributed by atoms with E-state index in [-0.39, 0.29) is 5.78 Å². The van der Waals surface area contributed by atoms with Gasteiger partial charge in [-0.25, -0.2) is 0 Å². The average Bonchev–Trinajstić information content (AvgIpc) is 2.37. The molecular weight excluding hydrogens is 260 g/mol. The van der Waals surface area contributed by atoms with Crippen molar-refractivity contribution in [1.29, 1.82) is 0 Å². The van der Waals surface area contributed by atoms with Gasteiger partial charge < -0.3 is 5.73 Å². The minimum absolute atomic E-state index is 0.0573. The molecule has 2 N–H and O–H groups in total. The van der Waals surface area contributed by atoms with E-state index >= 15 is 0 Å². The highest BCUT2D eigenvalue weighted by atomic mass is 35.5. The van der Waals surface area contributed by atoms with Crippen molar-refractivity contribution in [3.63, 3.8) is 0 Å². The van der Waals surface area contributed by atoms with Crippen molar-refractivity contribution in [1.82, 2.24) is 0 Å². The summed E-state index contributed by atoms with van der Waals surface area (Å²) < 4.78 is 0. The van der Waals surface area contributed by atoms with E-state index in [0.717, 1.165) is 24.0 Å². The molecule has 0 radical (unpaired) electrons. The van der Waals surface area contributed by atoms with Crippen LogP contribution in [-0.4, -0.2) is 18.5 Å². The molecule has 0 spiro atoms. The Morgan fingerprint density at radius 1 is 1.37 bits per heavy atom. The first-order valence-electron chi connectivity index (χ1n) is 6.30. The summed E-state index contributed by atoms with van der Waals surface area (Å²) in [7, 11) is 1.66. The van der Waals surface area contributed by atoms with Gasteiger partial charge in [0.25, 0.3) is 0 Å². The van der Waals surface area contributed by atoms with Crippen LogP contribution in [0.4, 0.5) is 0 Å². The number of halogens is 1. The molecule has 0 unspecified atom stereocenters. The molecule has 0 heterocycles. The second kappa shape index (κ2) is 5.57.